The number of ketones is 1. The van der Waals surface area contributed by atoms with Crippen LogP contribution in [0, 0.1) is 46.3 Å². The molecular formula is C27H41BrO5. The molecule has 0 aromatic rings. The van der Waals surface area contributed by atoms with Gasteiger partial charge in [0.1, 0.15) is 11.9 Å². The first-order chi connectivity index (χ1) is 15.5. The number of alkyl halides is 1. The normalized spacial score (nSPS) is 45.4. The summed E-state index contributed by atoms with van der Waals surface area (Å²) in [5, 5.41) is 0. The SMILES string of the molecule is COC(=O)CCC(C)C1CCC2C3CCC4C(Br)C(=O)CCC4(C)C3CC(OC(C)=O)C12C. The van der Waals surface area contributed by atoms with E-state index in [0.29, 0.717) is 54.1 Å². The minimum Gasteiger partial charge on any atom is -0.469 e. The van der Waals surface area contributed by atoms with Crippen molar-refractivity contribution in [2.75, 3.05) is 7.11 Å². The molecule has 4 fully saturated rings. The summed E-state index contributed by atoms with van der Waals surface area (Å²) in [6.07, 6.45) is 8.23. The molecule has 10 atom stereocenters. The zero-order chi connectivity index (χ0) is 24.1. The molecule has 186 valence electrons. The Morgan fingerprint density at radius 1 is 1.12 bits per heavy atom. The lowest BCUT2D eigenvalue weighted by molar-refractivity contribution is -0.192. The summed E-state index contributed by atoms with van der Waals surface area (Å²) in [5.74, 6) is 2.82. The average Bonchev–Trinajstić information content (AvgIpc) is 3.13. The Kier molecular flexibility index (Phi) is 7.08. The molecule has 10 unspecified atom stereocenters. The average molecular weight is 526 g/mol. The van der Waals surface area contributed by atoms with Gasteiger partial charge in [-0.15, -0.1) is 0 Å². The quantitative estimate of drug-likeness (QED) is 0.339. The van der Waals surface area contributed by atoms with Crippen molar-refractivity contribution in [2.24, 2.45) is 46.3 Å². The molecule has 0 bridgehead atoms. The van der Waals surface area contributed by atoms with Gasteiger partial charge >= 0.3 is 11.9 Å². The number of fused-ring (bicyclic) bond motifs is 5. The highest BCUT2D eigenvalue weighted by molar-refractivity contribution is 9.10. The minimum atomic E-state index is -0.194. The van der Waals surface area contributed by atoms with Gasteiger partial charge in [-0.3, -0.25) is 14.4 Å². The van der Waals surface area contributed by atoms with Crippen molar-refractivity contribution in [1.29, 1.82) is 0 Å². The van der Waals surface area contributed by atoms with E-state index in [1.54, 1.807) is 0 Å². The molecular weight excluding hydrogens is 484 g/mol. The van der Waals surface area contributed by atoms with Gasteiger partial charge in [-0.1, -0.05) is 36.7 Å². The Hall–Kier alpha value is -0.910. The van der Waals surface area contributed by atoms with Crippen molar-refractivity contribution in [3.05, 3.63) is 0 Å². The molecule has 0 heterocycles. The van der Waals surface area contributed by atoms with E-state index >= 15 is 0 Å². The highest BCUT2D eigenvalue weighted by Crippen LogP contribution is 2.69. The topological polar surface area (TPSA) is 69.7 Å². The molecule has 0 aromatic heterocycles. The highest BCUT2D eigenvalue weighted by Gasteiger charge is 2.65. The molecule has 0 amide bonds. The third kappa shape index (κ3) is 4.10. The van der Waals surface area contributed by atoms with Crippen molar-refractivity contribution in [1.82, 2.24) is 0 Å². The van der Waals surface area contributed by atoms with Gasteiger partial charge in [0.2, 0.25) is 0 Å². The second-order valence-electron chi connectivity index (χ2n) is 11.9. The van der Waals surface area contributed by atoms with Crippen LogP contribution in [0.1, 0.15) is 85.5 Å². The molecule has 4 saturated carbocycles. The Labute approximate surface area is 207 Å². The summed E-state index contributed by atoms with van der Waals surface area (Å²) in [5.41, 5.74) is 0.0448. The van der Waals surface area contributed by atoms with Gasteiger partial charge in [0.05, 0.1) is 11.9 Å². The smallest absolute Gasteiger partial charge is 0.305 e. The van der Waals surface area contributed by atoms with Crippen LogP contribution >= 0.6 is 15.9 Å². The maximum Gasteiger partial charge on any atom is 0.305 e. The van der Waals surface area contributed by atoms with Crippen LogP contribution in [0.25, 0.3) is 0 Å². The van der Waals surface area contributed by atoms with Crippen LogP contribution in [-0.4, -0.2) is 35.8 Å². The summed E-state index contributed by atoms with van der Waals surface area (Å²) in [4.78, 5) is 36.5. The van der Waals surface area contributed by atoms with Crippen molar-refractivity contribution in [3.63, 3.8) is 0 Å². The van der Waals surface area contributed by atoms with Crippen molar-refractivity contribution in [3.8, 4) is 0 Å². The first-order valence-corrected chi connectivity index (χ1v) is 13.9. The number of hydrogen-bond donors (Lipinski definition) is 0. The molecule has 0 saturated heterocycles. The first-order valence-electron chi connectivity index (χ1n) is 12.9. The van der Waals surface area contributed by atoms with Crippen LogP contribution in [0.3, 0.4) is 0 Å². The lowest BCUT2D eigenvalue weighted by atomic mass is 9.43. The third-order valence-electron chi connectivity index (χ3n) is 10.7. The maximum atomic E-state index is 12.5. The number of carbonyl (C=O) groups excluding carboxylic acids is 3. The predicted molar refractivity (Wildman–Crippen MR) is 130 cm³/mol. The van der Waals surface area contributed by atoms with Gasteiger partial charge in [-0.05, 0) is 85.9 Å². The highest BCUT2D eigenvalue weighted by atomic mass is 79.9. The van der Waals surface area contributed by atoms with Gasteiger partial charge < -0.3 is 9.47 Å². The van der Waals surface area contributed by atoms with Crippen LogP contribution in [-0.2, 0) is 23.9 Å². The maximum absolute atomic E-state index is 12.5. The van der Waals surface area contributed by atoms with Crippen molar-refractivity contribution < 1.29 is 23.9 Å². The Bertz CT molecular complexity index is 797. The molecule has 0 radical (unpaired) electrons. The van der Waals surface area contributed by atoms with Crippen LogP contribution < -0.4 is 0 Å². The Morgan fingerprint density at radius 3 is 2.48 bits per heavy atom. The van der Waals surface area contributed by atoms with Crippen LogP contribution in [0.2, 0.25) is 0 Å². The molecule has 0 spiro atoms. The van der Waals surface area contributed by atoms with Gasteiger partial charge in [-0.2, -0.15) is 0 Å². The fraction of sp³-hybridized carbons (Fsp3) is 0.889. The molecule has 4 aliphatic rings. The monoisotopic (exact) mass is 524 g/mol. The predicted octanol–water partition coefficient (Wildman–Crippen LogP) is 5.72. The van der Waals surface area contributed by atoms with Gasteiger partial charge in [-0.25, -0.2) is 0 Å². The summed E-state index contributed by atoms with van der Waals surface area (Å²) in [6, 6.07) is 0. The molecule has 0 aliphatic heterocycles. The lowest BCUT2D eigenvalue weighted by Gasteiger charge is -2.62. The molecule has 0 aromatic carbocycles. The van der Waals surface area contributed by atoms with Crippen LogP contribution in [0.15, 0.2) is 0 Å². The van der Waals surface area contributed by atoms with Crippen LogP contribution in [0.5, 0.6) is 0 Å². The summed E-state index contributed by atoms with van der Waals surface area (Å²) < 4.78 is 11.0. The summed E-state index contributed by atoms with van der Waals surface area (Å²) in [6.45, 7) is 8.58. The van der Waals surface area contributed by atoms with E-state index in [9.17, 15) is 14.4 Å². The number of Topliss-reactive ketones (excluding diaryl/α,β-unsaturated/α-hetero) is 1. The van der Waals surface area contributed by atoms with Gasteiger partial charge in [0.25, 0.3) is 0 Å². The standard InChI is InChI=1S/C27H41BrO5/c1-15(6-11-24(31)32-5)18-9-10-19-17-7-8-20-25(28)22(30)12-13-26(20,3)21(17)14-23(27(18,19)4)33-16(2)29/h15,17-21,23,25H,6-14H2,1-5H3. The largest absolute Gasteiger partial charge is 0.469 e. The number of rotatable bonds is 5. The molecule has 0 N–H and O–H groups in total. The number of halogens is 1. The zero-order valence-corrected chi connectivity index (χ0v) is 22.5. The fourth-order valence-corrected chi connectivity index (χ4v) is 10.1. The van der Waals surface area contributed by atoms with Crippen molar-refractivity contribution >= 4 is 33.7 Å². The van der Waals surface area contributed by atoms with Gasteiger partial charge in [0, 0.05) is 25.2 Å². The number of esters is 2. The second-order valence-corrected chi connectivity index (χ2v) is 12.9. The first kappa shape index (κ1) is 25.2. The Balaban J connectivity index is 1.64. The molecule has 5 nitrogen and oxygen atoms in total. The van der Waals surface area contributed by atoms with E-state index in [2.05, 4.69) is 36.7 Å². The lowest BCUT2D eigenvalue weighted by Crippen LogP contribution is -2.60. The zero-order valence-electron chi connectivity index (χ0n) is 20.9. The molecule has 4 rings (SSSR count). The summed E-state index contributed by atoms with van der Waals surface area (Å²) >= 11 is 3.76. The second kappa shape index (κ2) is 9.28. The molecule has 6 heteroatoms. The van der Waals surface area contributed by atoms with Crippen molar-refractivity contribution in [2.45, 2.75) is 96.4 Å². The van der Waals surface area contributed by atoms with E-state index in [-0.39, 0.29) is 33.7 Å². The third-order valence-corrected chi connectivity index (χ3v) is 11.8. The van der Waals surface area contributed by atoms with Gasteiger partial charge in [0.15, 0.2) is 0 Å². The molecule has 33 heavy (non-hydrogen) atoms. The van der Waals surface area contributed by atoms with E-state index in [4.69, 9.17) is 9.47 Å². The number of carbonyl (C=O) groups is 3. The minimum absolute atomic E-state index is 0.0349. The van der Waals surface area contributed by atoms with E-state index in [0.717, 1.165) is 38.5 Å². The Morgan fingerprint density at radius 2 is 1.82 bits per heavy atom. The number of methoxy groups -OCH3 is 1. The van der Waals surface area contributed by atoms with E-state index < -0.39 is 0 Å². The van der Waals surface area contributed by atoms with Crippen LogP contribution in [0.4, 0.5) is 0 Å². The number of ether oxygens (including phenoxy) is 2. The number of hydrogen-bond acceptors (Lipinski definition) is 5. The summed E-state index contributed by atoms with van der Waals surface area (Å²) in [7, 11) is 1.45. The fourth-order valence-electron chi connectivity index (χ4n) is 9.01. The van der Waals surface area contributed by atoms with E-state index in [1.807, 2.05) is 0 Å². The van der Waals surface area contributed by atoms with E-state index in [1.165, 1.54) is 20.5 Å². The molecule has 4 aliphatic carbocycles.